The number of esters is 1. The molecule has 4 heteroatoms. The highest BCUT2D eigenvalue weighted by Gasteiger charge is 2.32. The predicted octanol–water partition coefficient (Wildman–Crippen LogP) is 0.551. The molecule has 0 radical (unpaired) electrons. The first-order valence-corrected chi connectivity index (χ1v) is 4.47. The maximum atomic E-state index is 11.3. The molecule has 0 heterocycles. The molecule has 4 nitrogen and oxygen atoms in total. The quantitative estimate of drug-likeness (QED) is 0.489. The second-order valence-corrected chi connectivity index (χ2v) is 3.20. The Labute approximate surface area is 79.4 Å². The Morgan fingerprint density at radius 2 is 2.15 bits per heavy atom. The molecule has 0 aromatic heterocycles. The van der Waals surface area contributed by atoms with Crippen molar-refractivity contribution < 1.29 is 14.3 Å². The highest BCUT2D eigenvalue weighted by Crippen LogP contribution is 2.21. The molecule has 0 saturated carbocycles. The van der Waals surface area contributed by atoms with Crippen LogP contribution in [0.1, 0.15) is 20.3 Å². The molecule has 0 aliphatic carbocycles. The molecule has 0 aliphatic rings. The van der Waals surface area contributed by atoms with Crippen molar-refractivity contribution >= 4 is 5.97 Å². The van der Waals surface area contributed by atoms with Gasteiger partial charge in [0, 0.05) is 19.8 Å². The van der Waals surface area contributed by atoms with Crippen LogP contribution in [-0.2, 0) is 14.3 Å². The number of nitrogens with two attached hydrogens (primary N) is 1. The Kier molecular flexibility index (Phi) is 5.66. The highest BCUT2D eigenvalue weighted by atomic mass is 16.5. The van der Waals surface area contributed by atoms with E-state index in [9.17, 15) is 4.79 Å². The normalized spacial score (nSPS) is 15.1. The van der Waals surface area contributed by atoms with Gasteiger partial charge in [-0.05, 0) is 20.3 Å². The first-order valence-electron chi connectivity index (χ1n) is 4.47. The Hall–Kier alpha value is -0.610. The average Bonchev–Trinajstić information content (AvgIpc) is 2.16. The summed E-state index contributed by atoms with van der Waals surface area (Å²) in [5.41, 5.74) is 4.90. The van der Waals surface area contributed by atoms with Crippen LogP contribution in [0, 0.1) is 5.41 Å². The van der Waals surface area contributed by atoms with Crippen molar-refractivity contribution in [1.29, 1.82) is 0 Å². The van der Waals surface area contributed by atoms with Crippen LogP contribution in [0.2, 0.25) is 0 Å². The molecule has 78 valence electrons. The molecule has 13 heavy (non-hydrogen) atoms. The third kappa shape index (κ3) is 3.74. The summed E-state index contributed by atoms with van der Waals surface area (Å²) < 4.78 is 9.82. The number of methoxy groups -OCH3 is 1. The highest BCUT2D eigenvalue weighted by molar-refractivity contribution is 5.76. The van der Waals surface area contributed by atoms with Crippen LogP contribution >= 0.6 is 0 Å². The number of carbonyl (C=O) groups excluding carboxylic acids is 1. The van der Waals surface area contributed by atoms with Crippen molar-refractivity contribution in [1.82, 2.24) is 0 Å². The topological polar surface area (TPSA) is 61.5 Å². The molecule has 0 aliphatic heterocycles. The van der Waals surface area contributed by atoms with Crippen LogP contribution in [0.25, 0.3) is 0 Å². The lowest BCUT2D eigenvalue weighted by Crippen LogP contribution is -2.37. The van der Waals surface area contributed by atoms with Gasteiger partial charge in [0.05, 0.1) is 12.5 Å². The van der Waals surface area contributed by atoms with E-state index in [-0.39, 0.29) is 12.5 Å². The molecular formula is C9H19NO3. The maximum absolute atomic E-state index is 11.3. The van der Waals surface area contributed by atoms with E-state index in [1.54, 1.807) is 6.92 Å². The van der Waals surface area contributed by atoms with Gasteiger partial charge < -0.3 is 15.2 Å². The predicted molar refractivity (Wildman–Crippen MR) is 50.3 cm³/mol. The molecule has 0 fully saturated rings. The minimum atomic E-state index is -0.607. The van der Waals surface area contributed by atoms with Gasteiger partial charge in [-0.25, -0.2) is 0 Å². The lowest BCUT2D eigenvalue weighted by molar-refractivity contribution is -0.152. The second kappa shape index (κ2) is 5.94. The molecular weight excluding hydrogens is 170 g/mol. The third-order valence-electron chi connectivity index (χ3n) is 2.13. The van der Waals surface area contributed by atoms with Crippen LogP contribution in [-0.4, -0.2) is 32.8 Å². The molecule has 0 spiro atoms. The summed E-state index contributed by atoms with van der Waals surface area (Å²) >= 11 is 0. The largest absolute Gasteiger partial charge is 0.469 e. The summed E-state index contributed by atoms with van der Waals surface area (Å²) in [6, 6.07) is 0. The molecule has 0 bridgehead atoms. The number of carbonyl (C=O) groups is 1. The fourth-order valence-electron chi connectivity index (χ4n) is 0.976. The van der Waals surface area contributed by atoms with Crippen LogP contribution in [0.15, 0.2) is 0 Å². The van der Waals surface area contributed by atoms with Crippen molar-refractivity contribution in [2.75, 3.05) is 26.9 Å². The monoisotopic (exact) mass is 189 g/mol. The summed E-state index contributed by atoms with van der Waals surface area (Å²) in [6.45, 7) is 5.18. The molecule has 0 rings (SSSR count). The molecule has 0 saturated heterocycles. The SMILES string of the molecule is CCOCCC(C)(CN)C(=O)OC. The number of hydrogen-bond acceptors (Lipinski definition) is 4. The van der Waals surface area contributed by atoms with Gasteiger partial charge in [0.25, 0.3) is 0 Å². The zero-order chi connectivity index (χ0) is 10.3. The summed E-state index contributed by atoms with van der Waals surface area (Å²) in [5.74, 6) is -0.269. The lowest BCUT2D eigenvalue weighted by atomic mass is 9.87. The van der Waals surface area contributed by atoms with Gasteiger partial charge in [-0.15, -0.1) is 0 Å². The number of hydrogen-bond donors (Lipinski definition) is 1. The van der Waals surface area contributed by atoms with Gasteiger partial charge >= 0.3 is 5.97 Å². The van der Waals surface area contributed by atoms with Crippen LogP contribution in [0.4, 0.5) is 0 Å². The molecule has 0 aromatic rings. The minimum absolute atomic E-state index is 0.269. The number of ether oxygens (including phenoxy) is 2. The van der Waals surface area contributed by atoms with E-state index >= 15 is 0 Å². The van der Waals surface area contributed by atoms with E-state index < -0.39 is 5.41 Å². The van der Waals surface area contributed by atoms with Gasteiger partial charge in [0.15, 0.2) is 0 Å². The zero-order valence-electron chi connectivity index (χ0n) is 8.63. The van der Waals surface area contributed by atoms with E-state index in [0.717, 1.165) is 0 Å². The van der Waals surface area contributed by atoms with Crippen molar-refractivity contribution in [2.24, 2.45) is 11.1 Å². The Balaban J connectivity index is 4.03. The van der Waals surface area contributed by atoms with E-state index in [1.807, 2.05) is 6.92 Å². The minimum Gasteiger partial charge on any atom is -0.469 e. The standard InChI is InChI=1S/C9H19NO3/c1-4-13-6-5-9(2,7-10)8(11)12-3/h4-7,10H2,1-3H3. The fraction of sp³-hybridized carbons (Fsp3) is 0.889. The van der Waals surface area contributed by atoms with Crippen molar-refractivity contribution in [3.8, 4) is 0 Å². The molecule has 1 unspecified atom stereocenters. The van der Waals surface area contributed by atoms with E-state index in [1.165, 1.54) is 7.11 Å². The van der Waals surface area contributed by atoms with Gasteiger partial charge in [-0.2, -0.15) is 0 Å². The van der Waals surface area contributed by atoms with E-state index in [4.69, 9.17) is 10.5 Å². The smallest absolute Gasteiger partial charge is 0.312 e. The number of rotatable bonds is 6. The van der Waals surface area contributed by atoms with Crippen LogP contribution < -0.4 is 5.73 Å². The van der Waals surface area contributed by atoms with Crippen LogP contribution in [0.5, 0.6) is 0 Å². The molecule has 0 aromatic carbocycles. The Morgan fingerprint density at radius 1 is 1.54 bits per heavy atom. The van der Waals surface area contributed by atoms with Gasteiger partial charge in [0.2, 0.25) is 0 Å². The second-order valence-electron chi connectivity index (χ2n) is 3.20. The van der Waals surface area contributed by atoms with Gasteiger partial charge in [0.1, 0.15) is 0 Å². The van der Waals surface area contributed by atoms with E-state index in [0.29, 0.717) is 19.6 Å². The average molecular weight is 189 g/mol. The molecule has 0 amide bonds. The first-order chi connectivity index (χ1) is 6.10. The van der Waals surface area contributed by atoms with Crippen molar-refractivity contribution in [3.63, 3.8) is 0 Å². The van der Waals surface area contributed by atoms with E-state index in [2.05, 4.69) is 4.74 Å². The van der Waals surface area contributed by atoms with Crippen molar-refractivity contribution in [3.05, 3.63) is 0 Å². The third-order valence-corrected chi connectivity index (χ3v) is 2.13. The van der Waals surface area contributed by atoms with Gasteiger partial charge in [-0.3, -0.25) is 4.79 Å². The van der Waals surface area contributed by atoms with Crippen LogP contribution in [0.3, 0.4) is 0 Å². The molecule has 2 N–H and O–H groups in total. The summed E-state index contributed by atoms with van der Waals surface area (Å²) in [7, 11) is 1.37. The Bertz CT molecular complexity index is 161. The fourth-order valence-corrected chi connectivity index (χ4v) is 0.976. The summed E-state index contributed by atoms with van der Waals surface area (Å²) in [4.78, 5) is 11.3. The summed E-state index contributed by atoms with van der Waals surface area (Å²) in [5, 5.41) is 0. The Morgan fingerprint density at radius 3 is 2.54 bits per heavy atom. The maximum Gasteiger partial charge on any atom is 0.312 e. The first kappa shape index (κ1) is 12.4. The molecule has 1 atom stereocenters. The lowest BCUT2D eigenvalue weighted by Gasteiger charge is -2.24. The van der Waals surface area contributed by atoms with Gasteiger partial charge in [-0.1, -0.05) is 0 Å². The summed E-state index contributed by atoms with van der Waals surface area (Å²) in [6.07, 6.45) is 0.601. The van der Waals surface area contributed by atoms with Crippen molar-refractivity contribution in [2.45, 2.75) is 20.3 Å². The zero-order valence-corrected chi connectivity index (χ0v) is 8.63.